The summed E-state index contributed by atoms with van der Waals surface area (Å²) in [4.78, 5) is 22.1. The van der Waals surface area contributed by atoms with Gasteiger partial charge in [0.2, 0.25) is 5.76 Å². The van der Waals surface area contributed by atoms with Gasteiger partial charge >= 0.3 is 12.0 Å². The highest BCUT2D eigenvalue weighted by Crippen LogP contribution is 2.07. The third-order valence-corrected chi connectivity index (χ3v) is 2.56. The van der Waals surface area contributed by atoms with Crippen molar-refractivity contribution in [3.8, 4) is 0 Å². The van der Waals surface area contributed by atoms with Gasteiger partial charge < -0.3 is 24.9 Å². The van der Waals surface area contributed by atoms with Crippen molar-refractivity contribution in [1.29, 1.82) is 0 Å². The number of furan rings is 1. The zero-order chi connectivity index (χ0) is 13.0. The Morgan fingerprint density at radius 2 is 2.28 bits per heavy atom. The highest BCUT2D eigenvalue weighted by atomic mass is 16.5. The maximum Gasteiger partial charge on any atom is 0.371 e. The molecule has 0 spiro atoms. The van der Waals surface area contributed by atoms with Gasteiger partial charge in [0.25, 0.3) is 0 Å². The molecule has 1 unspecified atom stereocenters. The summed E-state index contributed by atoms with van der Waals surface area (Å²) in [6.07, 6.45) is 0.803. The fourth-order valence-corrected chi connectivity index (χ4v) is 1.64. The number of carbonyl (C=O) groups is 2. The number of rotatable bonds is 4. The summed E-state index contributed by atoms with van der Waals surface area (Å²) >= 11 is 0. The molecule has 0 saturated carbocycles. The molecule has 3 N–H and O–H groups in total. The van der Waals surface area contributed by atoms with Crippen LogP contribution in [0.5, 0.6) is 0 Å². The summed E-state index contributed by atoms with van der Waals surface area (Å²) < 4.78 is 10.1. The van der Waals surface area contributed by atoms with Crippen LogP contribution in [0.2, 0.25) is 0 Å². The standard InChI is InChI=1S/C11H14N2O5/c14-10(15)9-2-1-8(18-9)5-12-11(16)13-7-3-4-17-6-7/h1-2,7H,3-6H2,(H,14,15)(H2,12,13,16). The van der Waals surface area contributed by atoms with E-state index in [1.54, 1.807) is 0 Å². The fourth-order valence-electron chi connectivity index (χ4n) is 1.64. The molecule has 1 atom stereocenters. The summed E-state index contributed by atoms with van der Waals surface area (Å²) in [5, 5.41) is 14.0. The molecule has 1 aliphatic heterocycles. The second-order valence-electron chi connectivity index (χ2n) is 3.96. The molecule has 7 heteroatoms. The van der Waals surface area contributed by atoms with Crippen LogP contribution < -0.4 is 10.6 Å². The maximum atomic E-state index is 11.5. The van der Waals surface area contributed by atoms with Crippen LogP contribution in [0.3, 0.4) is 0 Å². The van der Waals surface area contributed by atoms with Crippen molar-refractivity contribution in [3.63, 3.8) is 0 Å². The molecule has 2 rings (SSSR count). The average molecular weight is 254 g/mol. The summed E-state index contributed by atoms with van der Waals surface area (Å²) in [5.74, 6) is -0.879. The van der Waals surface area contributed by atoms with E-state index >= 15 is 0 Å². The van der Waals surface area contributed by atoms with Crippen molar-refractivity contribution in [2.45, 2.75) is 19.0 Å². The summed E-state index contributed by atoms with van der Waals surface area (Å²) in [7, 11) is 0. The SMILES string of the molecule is O=C(NCc1ccc(C(=O)O)o1)NC1CCOC1. The molecule has 0 radical (unpaired) electrons. The molecular weight excluding hydrogens is 240 g/mol. The number of aromatic carboxylic acids is 1. The molecule has 2 heterocycles. The first kappa shape index (κ1) is 12.4. The van der Waals surface area contributed by atoms with Crippen molar-refractivity contribution >= 4 is 12.0 Å². The molecule has 1 aromatic heterocycles. The van der Waals surface area contributed by atoms with E-state index in [4.69, 9.17) is 14.3 Å². The number of hydrogen-bond donors (Lipinski definition) is 3. The minimum absolute atomic E-state index is 0.0381. The van der Waals surface area contributed by atoms with Crippen molar-refractivity contribution in [1.82, 2.24) is 10.6 Å². The number of carboxylic acid groups (broad SMARTS) is 1. The lowest BCUT2D eigenvalue weighted by molar-refractivity contribution is 0.0660. The van der Waals surface area contributed by atoms with Gasteiger partial charge in [0.15, 0.2) is 0 Å². The zero-order valence-electron chi connectivity index (χ0n) is 9.64. The van der Waals surface area contributed by atoms with Crippen LogP contribution in [0.4, 0.5) is 4.79 Å². The first-order valence-electron chi connectivity index (χ1n) is 5.59. The van der Waals surface area contributed by atoms with Gasteiger partial charge in [0.1, 0.15) is 5.76 Å². The number of ether oxygens (including phenoxy) is 1. The van der Waals surface area contributed by atoms with Crippen LogP contribution >= 0.6 is 0 Å². The van der Waals surface area contributed by atoms with Gasteiger partial charge in [-0.2, -0.15) is 0 Å². The minimum atomic E-state index is -1.13. The Balaban J connectivity index is 1.76. The third-order valence-electron chi connectivity index (χ3n) is 2.56. The number of carboxylic acids is 1. The van der Waals surface area contributed by atoms with Gasteiger partial charge in [-0.15, -0.1) is 0 Å². The molecule has 1 aromatic rings. The molecule has 18 heavy (non-hydrogen) atoms. The monoisotopic (exact) mass is 254 g/mol. The molecular formula is C11H14N2O5. The number of amides is 2. The summed E-state index contributed by atoms with van der Waals surface area (Å²) in [5.41, 5.74) is 0. The Hall–Kier alpha value is -2.02. The molecule has 2 amide bonds. The Morgan fingerprint density at radius 3 is 2.89 bits per heavy atom. The molecule has 0 aliphatic carbocycles. The molecule has 7 nitrogen and oxygen atoms in total. The third kappa shape index (κ3) is 3.24. The fraction of sp³-hybridized carbons (Fsp3) is 0.455. The van der Waals surface area contributed by atoms with E-state index in [2.05, 4.69) is 10.6 Å². The van der Waals surface area contributed by atoms with Crippen molar-refractivity contribution in [3.05, 3.63) is 23.7 Å². The Labute approximate surface area is 103 Å². The maximum absolute atomic E-state index is 11.5. The highest BCUT2D eigenvalue weighted by molar-refractivity contribution is 5.84. The van der Waals surface area contributed by atoms with Crippen LogP contribution in [0.25, 0.3) is 0 Å². The van der Waals surface area contributed by atoms with Crippen LogP contribution in [-0.4, -0.2) is 36.4 Å². The van der Waals surface area contributed by atoms with E-state index in [-0.39, 0.29) is 24.4 Å². The molecule has 1 saturated heterocycles. The van der Waals surface area contributed by atoms with E-state index < -0.39 is 5.97 Å². The predicted octanol–water partition coefficient (Wildman–Crippen LogP) is 0.566. The van der Waals surface area contributed by atoms with Crippen LogP contribution in [0, 0.1) is 0 Å². The van der Waals surface area contributed by atoms with E-state index in [0.717, 1.165) is 6.42 Å². The predicted molar refractivity (Wildman–Crippen MR) is 60.3 cm³/mol. The number of urea groups is 1. The smallest absolute Gasteiger partial charge is 0.371 e. The van der Waals surface area contributed by atoms with Crippen molar-refractivity contribution < 1.29 is 23.8 Å². The normalized spacial score (nSPS) is 18.6. The van der Waals surface area contributed by atoms with Crippen LogP contribution in [0.1, 0.15) is 22.7 Å². The molecule has 98 valence electrons. The largest absolute Gasteiger partial charge is 0.475 e. The van der Waals surface area contributed by atoms with E-state index in [1.165, 1.54) is 12.1 Å². The lowest BCUT2D eigenvalue weighted by Gasteiger charge is -2.10. The zero-order valence-corrected chi connectivity index (χ0v) is 9.64. The summed E-state index contributed by atoms with van der Waals surface area (Å²) in [6.45, 7) is 1.33. The first-order chi connectivity index (χ1) is 8.65. The lowest BCUT2D eigenvalue weighted by atomic mass is 10.3. The molecule has 0 bridgehead atoms. The molecule has 0 aromatic carbocycles. The van der Waals surface area contributed by atoms with Gasteiger partial charge in [-0.25, -0.2) is 9.59 Å². The molecule has 1 aliphatic rings. The number of hydrogen-bond acceptors (Lipinski definition) is 4. The van der Waals surface area contributed by atoms with E-state index in [0.29, 0.717) is 19.0 Å². The average Bonchev–Trinajstić information content (AvgIpc) is 2.96. The number of carbonyl (C=O) groups excluding carboxylic acids is 1. The van der Waals surface area contributed by atoms with E-state index in [1.807, 2.05) is 0 Å². The Morgan fingerprint density at radius 1 is 1.44 bits per heavy atom. The number of nitrogens with one attached hydrogen (secondary N) is 2. The minimum Gasteiger partial charge on any atom is -0.475 e. The second kappa shape index (κ2) is 5.54. The van der Waals surface area contributed by atoms with Crippen molar-refractivity contribution in [2.75, 3.05) is 13.2 Å². The van der Waals surface area contributed by atoms with Crippen molar-refractivity contribution in [2.24, 2.45) is 0 Å². The summed E-state index contributed by atoms with van der Waals surface area (Å²) in [6, 6.07) is 2.58. The van der Waals surface area contributed by atoms with Crippen LogP contribution in [0.15, 0.2) is 16.5 Å². The Kier molecular flexibility index (Phi) is 3.83. The highest BCUT2D eigenvalue weighted by Gasteiger charge is 2.17. The Bertz CT molecular complexity index is 436. The van der Waals surface area contributed by atoms with Gasteiger partial charge in [-0.3, -0.25) is 0 Å². The second-order valence-corrected chi connectivity index (χ2v) is 3.96. The van der Waals surface area contributed by atoms with Gasteiger partial charge in [-0.05, 0) is 18.6 Å². The lowest BCUT2D eigenvalue weighted by Crippen LogP contribution is -2.41. The molecule has 1 fully saturated rings. The topological polar surface area (TPSA) is 101 Å². The van der Waals surface area contributed by atoms with Gasteiger partial charge in [0.05, 0.1) is 19.2 Å². The first-order valence-corrected chi connectivity index (χ1v) is 5.59. The quantitative estimate of drug-likeness (QED) is 0.729. The van der Waals surface area contributed by atoms with Crippen LogP contribution in [-0.2, 0) is 11.3 Å². The van der Waals surface area contributed by atoms with E-state index in [9.17, 15) is 9.59 Å². The van der Waals surface area contributed by atoms with Gasteiger partial charge in [0, 0.05) is 6.61 Å². The van der Waals surface area contributed by atoms with Gasteiger partial charge in [-0.1, -0.05) is 0 Å².